The normalized spacial score (nSPS) is 10.7. The molecular formula is C26H18N6O6. The van der Waals surface area contributed by atoms with E-state index in [0.717, 1.165) is 11.1 Å². The second-order valence-electron chi connectivity index (χ2n) is 8.18. The van der Waals surface area contributed by atoms with Gasteiger partial charge >= 0.3 is 0 Å². The molecule has 4 aromatic carbocycles. The molecule has 6 aromatic rings. The molecule has 12 heteroatoms. The highest BCUT2D eigenvalue weighted by Crippen LogP contribution is 2.26. The molecule has 2 aromatic heterocycles. The fourth-order valence-electron chi connectivity index (χ4n) is 3.73. The predicted molar refractivity (Wildman–Crippen MR) is 140 cm³/mol. The molecular weight excluding hydrogens is 492 g/mol. The number of non-ortho nitro benzene ring substituents is 2. The van der Waals surface area contributed by atoms with E-state index >= 15 is 0 Å². The lowest BCUT2D eigenvalue weighted by Crippen LogP contribution is -1.86. The largest absolute Gasteiger partial charge is 0.508 e. The van der Waals surface area contributed by atoms with E-state index in [4.69, 9.17) is 0 Å². The molecule has 0 aliphatic rings. The molecule has 188 valence electrons. The molecule has 0 spiro atoms. The van der Waals surface area contributed by atoms with Crippen LogP contribution in [0.4, 0.5) is 11.4 Å². The SMILES string of the molecule is O=[N+]([O-])c1ccc2nc(-c3ccc(O)cc3)[nH]c2c1.O=[N+]([O-])c1ccc2nc(-c3ccc(O)cc3)[nH]c2c1. The Balaban J connectivity index is 0.000000155. The summed E-state index contributed by atoms with van der Waals surface area (Å²) < 4.78 is 0. The zero-order chi connectivity index (χ0) is 26.8. The highest BCUT2D eigenvalue weighted by Gasteiger charge is 2.12. The Hall–Kier alpha value is -5.78. The third-order valence-corrected chi connectivity index (χ3v) is 5.63. The molecule has 0 amide bonds. The number of benzene rings is 4. The third kappa shape index (κ3) is 4.95. The quantitative estimate of drug-likeness (QED) is 0.172. The van der Waals surface area contributed by atoms with Crippen LogP contribution in [0, 0.1) is 20.2 Å². The van der Waals surface area contributed by atoms with Crippen LogP contribution in [0.1, 0.15) is 0 Å². The summed E-state index contributed by atoms with van der Waals surface area (Å²) in [5, 5.41) is 39.9. The first-order chi connectivity index (χ1) is 18.3. The van der Waals surface area contributed by atoms with Crippen molar-refractivity contribution in [3.05, 3.63) is 105 Å². The second kappa shape index (κ2) is 9.70. The van der Waals surface area contributed by atoms with E-state index in [0.29, 0.717) is 33.7 Å². The molecule has 0 aliphatic heterocycles. The Morgan fingerprint density at radius 1 is 0.579 bits per heavy atom. The summed E-state index contributed by atoms with van der Waals surface area (Å²) in [6, 6.07) is 22.1. The summed E-state index contributed by atoms with van der Waals surface area (Å²) in [7, 11) is 0. The number of nitro benzene ring substituents is 2. The maximum Gasteiger partial charge on any atom is 0.271 e. The van der Waals surface area contributed by atoms with Gasteiger partial charge in [0.15, 0.2) is 0 Å². The van der Waals surface area contributed by atoms with Crippen molar-refractivity contribution < 1.29 is 20.1 Å². The first kappa shape index (κ1) is 23.9. The molecule has 0 atom stereocenters. The molecule has 4 N–H and O–H groups in total. The maximum atomic E-state index is 10.7. The monoisotopic (exact) mass is 510 g/mol. The Bertz CT molecular complexity index is 1660. The van der Waals surface area contributed by atoms with Gasteiger partial charge in [-0.05, 0) is 60.7 Å². The zero-order valence-electron chi connectivity index (χ0n) is 19.4. The van der Waals surface area contributed by atoms with Gasteiger partial charge in [-0.2, -0.15) is 0 Å². The van der Waals surface area contributed by atoms with Crippen LogP contribution in [0.5, 0.6) is 11.5 Å². The minimum atomic E-state index is -0.444. The lowest BCUT2D eigenvalue weighted by molar-refractivity contribution is -0.384. The minimum Gasteiger partial charge on any atom is -0.508 e. The zero-order valence-corrected chi connectivity index (χ0v) is 19.4. The number of aromatic amines is 2. The number of hydrogen-bond donors (Lipinski definition) is 4. The minimum absolute atomic E-state index is 0.0217. The molecule has 0 saturated heterocycles. The maximum absolute atomic E-state index is 10.7. The van der Waals surface area contributed by atoms with Gasteiger partial charge in [-0.1, -0.05) is 0 Å². The summed E-state index contributed by atoms with van der Waals surface area (Å²) in [5.74, 6) is 1.57. The highest BCUT2D eigenvalue weighted by atomic mass is 16.6. The molecule has 38 heavy (non-hydrogen) atoms. The van der Waals surface area contributed by atoms with Crippen molar-refractivity contribution in [3.63, 3.8) is 0 Å². The number of phenols is 2. The van der Waals surface area contributed by atoms with Crippen LogP contribution in [0.3, 0.4) is 0 Å². The first-order valence-electron chi connectivity index (χ1n) is 11.1. The molecule has 0 fully saturated rings. The summed E-state index contributed by atoms with van der Waals surface area (Å²) in [5.41, 5.74) is 4.19. The molecule has 0 bridgehead atoms. The Morgan fingerprint density at radius 2 is 0.947 bits per heavy atom. The lowest BCUT2D eigenvalue weighted by atomic mass is 10.2. The van der Waals surface area contributed by atoms with Crippen LogP contribution in [0.25, 0.3) is 44.8 Å². The van der Waals surface area contributed by atoms with E-state index in [-0.39, 0.29) is 22.9 Å². The van der Waals surface area contributed by atoms with Crippen LogP contribution in [-0.4, -0.2) is 40.0 Å². The van der Waals surface area contributed by atoms with Crippen LogP contribution >= 0.6 is 0 Å². The van der Waals surface area contributed by atoms with Crippen molar-refractivity contribution in [2.24, 2.45) is 0 Å². The van der Waals surface area contributed by atoms with Gasteiger partial charge in [0.25, 0.3) is 11.4 Å². The van der Waals surface area contributed by atoms with Gasteiger partial charge in [-0.15, -0.1) is 0 Å². The summed E-state index contributed by atoms with van der Waals surface area (Å²) in [4.78, 5) is 35.3. The Labute approximate surface area is 213 Å². The fourth-order valence-corrected chi connectivity index (χ4v) is 3.73. The van der Waals surface area contributed by atoms with Crippen molar-refractivity contribution in [2.45, 2.75) is 0 Å². The number of aromatic nitrogens is 4. The van der Waals surface area contributed by atoms with Crippen molar-refractivity contribution >= 4 is 33.4 Å². The lowest BCUT2D eigenvalue weighted by Gasteiger charge is -1.95. The average Bonchev–Trinajstić information content (AvgIpc) is 3.53. The fraction of sp³-hybridized carbons (Fsp3) is 0. The van der Waals surface area contributed by atoms with Gasteiger partial charge in [-0.3, -0.25) is 20.2 Å². The average molecular weight is 510 g/mol. The summed E-state index contributed by atoms with van der Waals surface area (Å²) >= 11 is 0. The van der Waals surface area contributed by atoms with Crippen LogP contribution < -0.4 is 0 Å². The van der Waals surface area contributed by atoms with Gasteiger partial charge in [0, 0.05) is 35.4 Å². The van der Waals surface area contributed by atoms with Gasteiger partial charge in [0.2, 0.25) is 0 Å². The highest BCUT2D eigenvalue weighted by molar-refractivity contribution is 5.82. The number of nitrogens with zero attached hydrogens (tertiary/aromatic N) is 4. The number of nitrogens with one attached hydrogen (secondary N) is 2. The number of rotatable bonds is 4. The van der Waals surface area contributed by atoms with Gasteiger partial charge in [0.1, 0.15) is 23.1 Å². The molecule has 0 saturated carbocycles. The molecule has 6 rings (SSSR count). The third-order valence-electron chi connectivity index (χ3n) is 5.63. The van der Waals surface area contributed by atoms with E-state index in [2.05, 4.69) is 19.9 Å². The van der Waals surface area contributed by atoms with E-state index in [1.165, 1.54) is 24.3 Å². The van der Waals surface area contributed by atoms with Crippen LogP contribution in [0.2, 0.25) is 0 Å². The van der Waals surface area contributed by atoms with E-state index in [1.807, 2.05) is 0 Å². The smallest absolute Gasteiger partial charge is 0.271 e. The number of hydrogen-bond acceptors (Lipinski definition) is 8. The number of fused-ring (bicyclic) bond motifs is 2. The van der Waals surface area contributed by atoms with Crippen molar-refractivity contribution in [1.82, 2.24) is 19.9 Å². The van der Waals surface area contributed by atoms with E-state index in [1.54, 1.807) is 60.7 Å². The van der Waals surface area contributed by atoms with Gasteiger partial charge in [-0.25, -0.2) is 9.97 Å². The van der Waals surface area contributed by atoms with Crippen molar-refractivity contribution in [3.8, 4) is 34.3 Å². The number of aromatic hydroxyl groups is 2. The van der Waals surface area contributed by atoms with Gasteiger partial charge < -0.3 is 20.2 Å². The number of imidazole rings is 2. The topological polar surface area (TPSA) is 184 Å². The Morgan fingerprint density at radius 3 is 1.29 bits per heavy atom. The number of nitro groups is 2. The standard InChI is InChI=1S/2C13H9N3O3/c2*17-10-4-1-8(2-5-10)13-14-11-6-3-9(16(18)19)7-12(11)15-13/h2*1-7,17H,(H,14,15). The molecule has 0 unspecified atom stereocenters. The number of H-pyrrole nitrogens is 2. The van der Waals surface area contributed by atoms with E-state index < -0.39 is 9.85 Å². The molecule has 0 radical (unpaired) electrons. The molecule has 12 nitrogen and oxygen atoms in total. The van der Waals surface area contributed by atoms with Crippen molar-refractivity contribution in [2.75, 3.05) is 0 Å². The van der Waals surface area contributed by atoms with Crippen LogP contribution in [-0.2, 0) is 0 Å². The molecule has 0 aliphatic carbocycles. The van der Waals surface area contributed by atoms with Crippen LogP contribution in [0.15, 0.2) is 84.9 Å². The number of phenolic OH excluding ortho intramolecular Hbond substituents is 2. The van der Waals surface area contributed by atoms with Gasteiger partial charge in [0.05, 0.1) is 31.9 Å². The summed E-state index contributed by atoms with van der Waals surface area (Å²) in [6.07, 6.45) is 0. The predicted octanol–water partition coefficient (Wildman–Crippen LogP) is 5.69. The van der Waals surface area contributed by atoms with Crippen molar-refractivity contribution in [1.29, 1.82) is 0 Å². The van der Waals surface area contributed by atoms with E-state index in [9.17, 15) is 30.4 Å². The Kier molecular flexibility index (Phi) is 6.11. The summed E-state index contributed by atoms with van der Waals surface area (Å²) in [6.45, 7) is 0. The molecule has 2 heterocycles. The first-order valence-corrected chi connectivity index (χ1v) is 11.1. The second-order valence-corrected chi connectivity index (χ2v) is 8.18.